The highest BCUT2D eigenvalue weighted by Crippen LogP contribution is 2.20. The maximum absolute atomic E-state index is 11.5. The van der Waals surface area contributed by atoms with Crippen molar-refractivity contribution in [2.24, 2.45) is 0 Å². The molecule has 0 fully saturated rings. The topological polar surface area (TPSA) is 55.0 Å². The molecule has 0 spiro atoms. The molecule has 0 bridgehead atoms. The summed E-state index contributed by atoms with van der Waals surface area (Å²) in [5.74, 6) is 0.573. The van der Waals surface area contributed by atoms with E-state index in [1.165, 1.54) is 7.11 Å². The van der Waals surface area contributed by atoms with Crippen molar-refractivity contribution in [3.63, 3.8) is 0 Å². The number of ether oxygens (including phenoxy) is 1. The van der Waals surface area contributed by atoms with Gasteiger partial charge >= 0.3 is 0 Å². The first-order chi connectivity index (χ1) is 6.74. The minimum absolute atomic E-state index is 0.0641. The standard InChI is InChI=1S/C9H7ClN2O2/c1-14-6-4-2-3-5-7(6)11-12-9(10)8(5)13/h2-4H,1H3,(H,11,13). The molecule has 0 amide bonds. The SMILES string of the molecule is COc1cccc2c(=O)c(Cl)n[nH]c12. The van der Waals surface area contributed by atoms with Gasteiger partial charge in [-0.2, -0.15) is 5.10 Å². The van der Waals surface area contributed by atoms with Gasteiger partial charge in [-0.1, -0.05) is 17.7 Å². The molecule has 1 N–H and O–H groups in total. The van der Waals surface area contributed by atoms with Gasteiger partial charge in [0.25, 0.3) is 0 Å². The van der Waals surface area contributed by atoms with E-state index in [0.29, 0.717) is 16.7 Å². The van der Waals surface area contributed by atoms with Gasteiger partial charge in [0.05, 0.1) is 12.5 Å². The molecule has 1 heterocycles. The second-order valence-electron chi connectivity index (χ2n) is 2.73. The Hall–Kier alpha value is -1.55. The summed E-state index contributed by atoms with van der Waals surface area (Å²) in [7, 11) is 1.53. The molecule has 4 nitrogen and oxygen atoms in total. The van der Waals surface area contributed by atoms with Crippen LogP contribution in [-0.4, -0.2) is 17.3 Å². The number of hydrogen-bond donors (Lipinski definition) is 1. The van der Waals surface area contributed by atoms with Crippen molar-refractivity contribution in [2.45, 2.75) is 0 Å². The predicted octanol–water partition coefficient (Wildman–Crippen LogP) is 1.59. The van der Waals surface area contributed by atoms with Gasteiger partial charge in [0.1, 0.15) is 11.3 Å². The lowest BCUT2D eigenvalue weighted by Gasteiger charge is -2.03. The molecule has 0 aliphatic carbocycles. The quantitative estimate of drug-likeness (QED) is 0.778. The number of halogens is 1. The van der Waals surface area contributed by atoms with E-state index in [4.69, 9.17) is 16.3 Å². The summed E-state index contributed by atoms with van der Waals surface area (Å²) >= 11 is 5.59. The average Bonchev–Trinajstić information content (AvgIpc) is 2.23. The Kier molecular flexibility index (Phi) is 2.13. The van der Waals surface area contributed by atoms with Gasteiger partial charge in [-0.3, -0.25) is 9.89 Å². The van der Waals surface area contributed by atoms with E-state index in [1.54, 1.807) is 18.2 Å². The Morgan fingerprint density at radius 2 is 2.29 bits per heavy atom. The van der Waals surface area contributed by atoms with Gasteiger partial charge in [-0.15, -0.1) is 0 Å². The molecule has 2 rings (SSSR count). The van der Waals surface area contributed by atoms with Gasteiger partial charge < -0.3 is 4.74 Å². The number of aromatic nitrogens is 2. The first-order valence-corrected chi connectivity index (χ1v) is 4.32. The van der Waals surface area contributed by atoms with Crippen LogP contribution in [0.3, 0.4) is 0 Å². The number of nitrogens with zero attached hydrogens (tertiary/aromatic N) is 1. The van der Waals surface area contributed by atoms with Crippen LogP contribution in [0.15, 0.2) is 23.0 Å². The van der Waals surface area contributed by atoms with Crippen molar-refractivity contribution < 1.29 is 4.74 Å². The highest BCUT2D eigenvalue weighted by molar-refractivity contribution is 6.29. The van der Waals surface area contributed by atoms with Crippen molar-refractivity contribution in [3.8, 4) is 5.75 Å². The van der Waals surface area contributed by atoms with Crippen molar-refractivity contribution in [2.75, 3.05) is 7.11 Å². The molecular weight excluding hydrogens is 204 g/mol. The van der Waals surface area contributed by atoms with E-state index in [-0.39, 0.29) is 10.6 Å². The van der Waals surface area contributed by atoms with Crippen molar-refractivity contribution >= 4 is 22.5 Å². The van der Waals surface area contributed by atoms with Crippen molar-refractivity contribution in [1.82, 2.24) is 10.2 Å². The highest BCUT2D eigenvalue weighted by Gasteiger charge is 2.07. The fraction of sp³-hybridized carbons (Fsp3) is 0.111. The third kappa shape index (κ3) is 1.24. The molecule has 0 saturated heterocycles. The fourth-order valence-corrected chi connectivity index (χ4v) is 1.42. The summed E-state index contributed by atoms with van der Waals surface area (Å²) in [6.07, 6.45) is 0. The van der Waals surface area contributed by atoms with Gasteiger partial charge in [0.15, 0.2) is 5.15 Å². The third-order valence-electron chi connectivity index (χ3n) is 1.94. The highest BCUT2D eigenvalue weighted by atomic mass is 35.5. The predicted molar refractivity (Wildman–Crippen MR) is 53.9 cm³/mol. The Morgan fingerprint density at radius 1 is 1.50 bits per heavy atom. The van der Waals surface area contributed by atoms with Crippen LogP contribution in [0.4, 0.5) is 0 Å². The van der Waals surface area contributed by atoms with Crippen LogP contribution < -0.4 is 10.2 Å². The Bertz CT molecular complexity index is 536. The summed E-state index contributed by atoms with van der Waals surface area (Å²) in [5.41, 5.74) is 0.267. The Balaban J connectivity index is 2.93. The number of benzene rings is 1. The molecule has 0 atom stereocenters. The van der Waals surface area contributed by atoms with Crippen LogP contribution in [-0.2, 0) is 0 Å². The second-order valence-corrected chi connectivity index (χ2v) is 3.08. The van der Waals surface area contributed by atoms with E-state index in [9.17, 15) is 4.79 Å². The van der Waals surface area contributed by atoms with Crippen LogP contribution in [0.5, 0.6) is 5.75 Å². The fourth-order valence-electron chi connectivity index (χ4n) is 1.27. The lowest BCUT2D eigenvalue weighted by Crippen LogP contribution is -2.06. The third-order valence-corrected chi connectivity index (χ3v) is 2.20. The molecule has 0 radical (unpaired) electrons. The lowest BCUT2D eigenvalue weighted by atomic mass is 10.2. The molecule has 2 aromatic rings. The van der Waals surface area contributed by atoms with Crippen LogP contribution >= 0.6 is 11.6 Å². The second kappa shape index (κ2) is 3.31. The summed E-state index contributed by atoms with van der Waals surface area (Å²) in [6, 6.07) is 5.14. The van der Waals surface area contributed by atoms with Crippen molar-refractivity contribution in [1.29, 1.82) is 0 Å². The normalized spacial score (nSPS) is 10.4. The Labute approximate surface area is 84.5 Å². The number of H-pyrrole nitrogens is 1. The zero-order chi connectivity index (χ0) is 10.1. The molecule has 1 aromatic carbocycles. The van der Waals surface area contributed by atoms with E-state index >= 15 is 0 Å². The molecule has 5 heteroatoms. The number of methoxy groups -OCH3 is 1. The van der Waals surface area contributed by atoms with Gasteiger partial charge in [0, 0.05) is 0 Å². The number of para-hydroxylation sites is 1. The summed E-state index contributed by atoms with van der Waals surface area (Å²) in [5, 5.41) is 6.75. The summed E-state index contributed by atoms with van der Waals surface area (Å²) < 4.78 is 5.07. The van der Waals surface area contributed by atoms with Crippen LogP contribution in [0.1, 0.15) is 0 Å². The maximum Gasteiger partial charge on any atom is 0.227 e. The van der Waals surface area contributed by atoms with E-state index in [2.05, 4.69) is 10.2 Å². The average molecular weight is 211 g/mol. The van der Waals surface area contributed by atoms with E-state index in [1.807, 2.05) is 0 Å². The molecular formula is C9H7ClN2O2. The molecule has 0 unspecified atom stereocenters. The minimum atomic E-state index is -0.292. The maximum atomic E-state index is 11.5. The molecule has 72 valence electrons. The number of hydrogen-bond acceptors (Lipinski definition) is 3. The summed E-state index contributed by atoms with van der Waals surface area (Å²) in [6.45, 7) is 0. The first-order valence-electron chi connectivity index (χ1n) is 3.95. The van der Waals surface area contributed by atoms with Gasteiger partial charge in [-0.05, 0) is 12.1 Å². The Morgan fingerprint density at radius 3 is 3.00 bits per heavy atom. The zero-order valence-corrected chi connectivity index (χ0v) is 8.13. The largest absolute Gasteiger partial charge is 0.494 e. The van der Waals surface area contributed by atoms with E-state index < -0.39 is 0 Å². The van der Waals surface area contributed by atoms with Crippen LogP contribution in [0, 0.1) is 0 Å². The van der Waals surface area contributed by atoms with Crippen molar-refractivity contribution in [3.05, 3.63) is 33.6 Å². The van der Waals surface area contributed by atoms with Gasteiger partial charge in [-0.25, -0.2) is 0 Å². The zero-order valence-electron chi connectivity index (χ0n) is 7.37. The molecule has 0 saturated carbocycles. The minimum Gasteiger partial charge on any atom is -0.494 e. The molecule has 1 aromatic heterocycles. The van der Waals surface area contributed by atoms with Crippen LogP contribution in [0.25, 0.3) is 10.9 Å². The van der Waals surface area contributed by atoms with Crippen LogP contribution in [0.2, 0.25) is 5.15 Å². The molecule has 0 aliphatic rings. The monoisotopic (exact) mass is 210 g/mol. The smallest absolute Gasteiger partial charge is 0.227 e. The lowest BCUT2D eigenvalue weighted by molar-refractivity contribution is 0.418. The number of fused-ring (bicyclic) bond motifs is 1. The molecule has 0 aliphatic heterocycles. The summed E-state index contributed by atoms with van der Waals surface area (Å²) in [4.78, 5) is 11.5. The van der Waals surface area contributed by atoms with Gasteiger partial charge in [0.2, 0.25) is 5.43 Å². The van der Waals surface area contributed by atoms with E-state index in [0.717, 1.165) is 0 Å². The number of aromatic amines is 1. The first kappa shape index (κ1) is 9.02. The number of rotatable bonds is 1. The number of nitrogens with one attached hydrogen (secondary N) is 1. The molecule has 14 heavy (non-hydrogen) atoms.